The van der Waals surface area contributed by atoms with Crippen LogP contribution >= 0.6 is 0 Å². The van der Waals surface area contributed by atoms with Crippen LogP contribution in [-0.2, 0) is 4.79 Å². The second kappa shape index (κ2) is 8.09. The van der Waals surface area contributed by atoms with E-state index in [1.807, 2.05) is 18.3 Å². The Hall–Kier alpha value is -3.75. The third-order valence-electron chi connectivity index (χ3n) is 4.93. The van der Waals surface area contributed by atoms with E-state index in [1.54, 1.807) is 35.1 Å². The highest BCUT2D eigenvalue weighted by Crippen LogP contribution is 2.23. The average molecular weight is 391 g/mol. The van der Waals surface area contributed by atoms with Crippen molar-refractivity contribution in [1.29, 1.82) is 0 Å². The quantitative estimate of drug-likeness (QED) is 0.682. The topological polar surface area (TPSA) is 119 Å². The second-order valence-electron chi connectivity index (χ2n) is 6.90. The van der Waals surface area contributed by atoms with E-state index in [9.17, 15) is 9.59 Å². The number of benzene rings is 1. The molecule has 2 aromatic heterocycles. The van der Waals surface area contributed by atoms with Crippen molar-refractivity contribution >= 4 is 23.3 Å². The minimum Gasteiger partial charge on any atom is -0.366 e. The lowest BCUT2D eigenvalue weighted by Crippen LogP contribution is -2.41. The largest absolute Gasteiger partial charge is 0.366 e. The molecule has 1 atom stereocenters. The van der Waals surface area contributed by atoms with Gasteiger partial charge in [-0.3, -0.25) is 9.59 Å². The summed E-state index contributed by atoms with van der Waals surface area (Å²) in [5.74, 6) is 0.741. The number of hydrogen-bond acceptors (Lipinski definition) is 6. The van der Waals surface area contributed by atoms with Crippen LogP contribution in [0.1, 0.15) is 23.2 Å². The molecular formula is C20H21N7O2. The molecular weight excluding hydrogens is 370 g/mol. The molecule has 1 aromatic carbocycles. The predicted octanol–water partition coefficient (Wildman–Crippen LogP) is 1.62. The normalized spacial score (nSPS) is 16.4. The second-order valence-corrected chi connectivity index (χ2v) is 6.90. The Kier molecular flexibility index (Phi) is 5.19. The summed E-state index contributed by atoms with van der Waals surface area (Å²) in [6.45, 7) is 1.40. The highest BCUT2D eigenvalue weighted by molar-refractivity contribution is 5.95. The summed E-state index contributed by atoms with van der Waals surface area (Å²) < 4.78 is 1.68. The van der Waals surface area contributed by atoms with Crippen LogP contribution in [0.25, 0.3) is 5.82 Å². The van der Waals surface area contributed by atoms with E-state index in [-0.39, 0.29) is 11.8 Å². The van der Waals surface area contributed by atoms with E-state index in [0.717, 1.165) is 25.2 Å². The molecule has 1 fully saturated rings. The number of primary amides is 1. The molecule has 2 amide bonds. The molecule has 3 aromatic rings. The lowest BCUT2D eigenvalue weighted by atomic mass is 9.97. The van der Waals surface area contributed by atoms with Gasteiger partial charge >= 0.3 is 0 Å². The number of anilines is 2. The molecule has 4 rings (SSSR count). The van der Waals surface area contributed by atoms with Crippen molar-refractivity contribution in [2.24, 2.45) is 11.7 Å². The number of carbonyl (C=O) groups excluding carboxylic acids is 2. The maximum Gasteiger partial charge on any atom is 0.248 e. The zero-order valence-electron chi connectivity index (χ0n) is 15.7. The molecule has 9 nitrogen and oxygen atoms in total. The Bertz CT molecular complexity index is 1000. The lowest BCUT2D eigenvalue weighted by molar-refractivity contribution is -0.120. The van der Waals surface area contributed by atoms with Gasteiger partial charge in [-0.1, -0.05) is 0 Å². The van der Waals surface area contributed by atoms with Crippen LogP contribution in [-0.4, -0.2) is 44.7 Å². The first kappa shape index (κ1) is 18.6. The molecule has 1 aliphatic rings. The average Bonchev–Trinajstić information content (AvgIpc) is 3.29. The number of aromatic nitrogens is 4. The van der Waals surface area contributed by atoms with E-state index in [2.05, 4.69) is 25.3 Å². The maximum atomic E-state index is 12.7. The van der Waals surface area contributed by atoms with Crippen LogP contribution in [0, 0.1) is 5.92 Å². The Labute approximate surface area is 167 Å². The Morgan fingerprint density at radius 1 is 1.14 bits per heavy atom. The van der Waals surface area contributed by atoms with Crippen LogP contribution in [0.5, 0.6) is 0 Å². The van der Waals surface area contributed by atoms with Crippen LogP contribution in [0.3, 0.4) is 0 Å². The van der Waals surface area contributed by atoms with Crippen LogP contribution in [0.4, 0.5) is 11.5 Å². The van der Waals surface area contributed by atoms with Gasteiger partial charge in [0.2, 0.25) is 11.8 Å². The summed E-state index contributed by atoms with van der Waals surface area (Å²) in [5.41, 5.74) is 6.29. The number of amides is 2. The first-order chi connectivity index (χ1) is 14.1. The van der Waals surface area contributed by atoms with Crippen molar-refractivity contribution in [2.45, 2.75) is 12.8 Å². The van der Waals surface area contributed by atoms with Crippen LogP contribution in [0.15, 0.2) is 55.1 Å². The van der Waals surface area contributed by atoms with Gasteiger partial charge in [-0.15, -0.1) is 0 Å². The molecule has 0 bridgehead atoms. The summed E-state index contributed by atoms with van der Waals surface area (Å²) >= 11 is 0. The van der Waals surface area contributed by atoms with E-state index < -0.39 is 5.91 Å². The maximum absolute atomic E-state index is 12.7. The summed E-state index contributed by atoms with van der Waals surface area (Å²) in [4.78, 5) is 34.6. The van der Waals surface area contributed by atoms with Gasteiger partial charge in [-0.2, -0.15) is 5.10 Å². The molecule has 148 valence electrons. The van der Waals surface area contributed by atoms with Crippen molar-refractivity contribution in [3.8, 4) is 5.82 Å². The molecule has 0 radical (unpaired) electrons. The summed E-state index contributed by atoms with van der Waals surface area (Å²) in [5, 5.41) is 7.11. The fourth-order valence-electron chi connectivity index (χ4n) is 3.40. The fraction of sp³-hybridized carbons (Fsp3) is 0.250. The molecule has 0 saturated carbocycles. The highest BCUT2D eigenvalue weighted by Gasteiger charge is 2.27. The highest BCUT2D eigenvalue weighted by atomic mass is 16.2. The molecule has 3 N–H and O–H groups in total. The molecule has 0 aliphatic carbocycles. The number of nitrogens with one attached hydrogen (secondary N) is 1. The third kappa shape index (κ3) is 4.23. The Morgan fingerprint density at radius 2 is 1.93 bits per heavy atom. The predicted molar refractivity (Wildman–Crippen MR) is 108 cm³/mol. The van der Waals surface area contributed by atoms with Crippen molar-refractivity contribution in [3.05, 3.63) is 60.7 Å². The number of nitrogens with zero attached hydrogens (tertiary/aromatic N) is 5. The third-order valence-corrected chi connectivity index (χ3v) is 4.93. The monoisotopic (exact) mass is 391 g/mol. The smallest absolute Gasteiger partial charge is 0.248 e. The van der Waals surface area contributed by atoms with E-state index in [4.69, 9.17) is 5.73 Å². The minimum atomic E-state index is -0.495. The molecule has 1 unspecified atom stereocenters. The van der Waals surface area contributed by atoms with Gasteiger partial charge in [-0.05, 0) is 43.2 Å². The molecule has 1 saturated heterocycles. The fourth-order valence-corrected chi connectivity index (χ4v) is 3.40. The number of carbonyl (C=O) groups is 2. The van der Waals surface area contributed by atoms with Crippen molar-refractivity contribution < 1.29 is 9.59 Å². The van der Waals surface area contributed by atoms with E-state index >= 15 is 0 Å². The molecule has 3 heterocycles. The van der Waals surface area contributed by atoms with Gasteiger partial charge in [0.1, 0.15) is 12.1 Å². The Balaban J connectivity index is 1.43. The Morgan fingerprint density at radius 3 is 2.66 bits per heavy atom. The van der Waals surface area contributed by atoms with Gasteiger partial charge in [0.05, 0.1) is 5.92 Å². The molecule has 0 spiro atoms. The van der Waals surface area contributed by atoms with Gasteiger partial charge in [0.15, 0.2) is 5.82 Å². The summed E-state index contributed by atoms with van der Waals surface area (Å²) in [7, 11) is 0. The van der Waals surface area contributed by atoms with E-state index in [0.29, 0.717) is 23.6 Å². The van der Waals surface area contributed by atoms with Gasteiger partial charge < -0.3 is 16.0 Å². The first-order valence-corrected chi connectivity index (χ1v) is 9.38. The zero-order valence-corrected chi connectivity index (χ0v) is 15.7. The van der Waals surface area contributed by atoms with E-state index in [1.165, 1.54) is 6.33 Å². The van der Waals surface area contributed by atoms with Crippen LogP contribution < -0.4 is 16.0 Å². The standard InChI is InChI=1S/C20H21N7O2/c21-19(28)14-4-6-16(7-5-14)25-20(29)15-3-1-9-26(12-15)17-11-18(23-13-22-17)27-10-2-8-24-27/h2,4-8,10-11,13,15H,1,3,9,12H2,(H2,21,28)(H,25,29). The van der Waals surface area contributed by atoms with Crippen LogP contribution in [0.2, 0.25) is 0 Å². The van der Waals surface area contributed by atoms with Gasteiger partial charge in [0.25, 0.3) is 0 Å². The zero-order chi connectivity index (χ0) is 20.2. The number of hydrogen-bond donors (Lipinski definition) is 2. The lowest BCUT2D eigenvalue weighted by Gasteiger charge is -2.32. The number of nitrogens with two attached hydrogens (primary N) is 1. The number of piperidine rings is 1. The number of rotatable bonds is 5. The van der Waals surface area contributed by atoms with Gasteiger partial charge in [-0.25, -0.2) is 14.6 Å². The molecule has 9 heteroatoms. The molecule has 1 aliphatic heterocycles. The minimum absolute atomic E-state index is 0.0529. The van der Waals surface area contributed by atoms with Crippen molar-refractivity contribution in [3.63, 3.8) is 0 Å². The summed E-state index contributed by atoms with van der Waals surface area (Å²) in [6, 6.07) is 10.3. The van der Waals surface area contributed by atoms with Crippen molar-refractivity contribution in [1.82, 2.24) is 19.7 Å². The van der Waals surface area contributed by atoms with Crippen molar-refractivity contribution in [2.75, 3.05) is 23.3 Å². The summed E-state index contributed by atoms with van der Waals surface area (Å²) in [6.07, 6.45) is 6.72. The molecule has 29 heavy (non-hydrogen) atoms. The first-order valence-electron chi connectivity index (χ1n) is 9.38. The van der Waals surface area contributed by atoms with Gasteiger partial charge in [0, 0.05) is 42.8 Å². The SMILES string of the molecule is NC(=O)c1ccc(NC(=O)C2CCCN(c3cc(-n4cccn4)ncn3)C2)cc1.